The predicted octanol–water partition coefficient (Wildman–Crippen LogP) is 1.42. The maximum Gasteiger partial charge on any atom is 0.324 e. The normalized spacial score (nSPS) is 14.7. The van der Waals surface area contributed by atoms with Gasteiger partial charge in [0, 0.05) is 6.42 Å². The minimum absolute atomic E-state index is 0.375. The van der Waals surface area contributed by atoms with Gasteiger partial charge in [-0.05, 0) is 12.0 Å². The predicted molar refractivity (Wildman–Crippen MR) is 55.0 cm³/mol. The van der Waals surface area contributed by atoms with Crippen LogP contribution in [0.25, 0.3) is 0 Å². The van der Waals surface area contributed by atoms with E-state index in [1.165, 1.54) is 0 Å². The summed E-state index contributed by atoms with van der Waals surface area (Å²) in [4.78, 5) is 10.9. The van der Waals surface area contributed by atoms with E-state index in [0.717, 1.165) is 5.56 Å². The van der Waals surface area contributed by atoms with E-state index < -0.39 is 11.5 Å². The van der Waals surface area contributed by atoms with E-state index in [2.05, 4.69) is 0 Å². The second-order valence-electron chi connectivity index (χ2n) is 3.48. The largest absolute Gasteiger partial charge is 0.480 e. The number of rotatable bonds is 4. The molecule has 0 amide bonds. The third-order valence-electron chi connectivity index (χ3n) is 2.42. The van der Waals surface area contributed by atoms with Gasteiger partial charge in [0.25, 0.3) is 0 Å². The molecule has 0 spiro atoms. The molecule has 3 nitrogen and oxygen atoms in total. The van der Waals surface area contributed by atoms with Crippen molar-refractivity contribution in [2.24, 2.45) is 5.73 Å². The van der Waals surface area contributed by atoms with Crippen LogP contribution in [-0.4, -0.2) is 16.6 Å². The first-order chi connectivity index (χ1) is 6.58. The molecule has 1 rings (SSSR count). The van der Waals surface area contributed by atoms with Crippen LogP contribution in [-0.2, 0) is 11.2 Å². The van der Waals surface area contributed by atoms with E-state index in [-0.39, 0.29) is 0 Å². The summed E-state index contributed by atoms with van der Waals surface area (Å²) in [5.41, 5.74) is 5.59. The average molecular weight is 193 g/mol. The molecule has 3 N–H and O–H groups in total. The van der Waals surface area contributed by atoms with E-state index in [4.69, 9.17) is 10.8 Å². The smallest absolute Gasteiger partial charge is 0.324 e. The average Bonchev–Trinajstić information content (AvgIpc) is 2.19. The molecule has 1 aromatic rings. The molecule has 1 atom stereocenters. The summed E-state index contributed by atoms with van der Waals surface area (Å²) in [6.45, 7) is 1.79. The van der Waals surface area contributed by atoms with Gasteiger partial charge in [0.05, 0.1) is 0 Å². The van der Waals surface area contributed by atoms with Crippen LogP contribution in [0.3, 0.4) is 0 Å². The molecule has 0 aliphatic rings. The molecule has 0 bridgehead atoms. The van der Waals surface area contributed by atoms with Crippen molar-refractivity contribution in [3.8, 4) is 0 Å². The highest BCUT2D eigenvalue weighted by atomic mass is 16.4. The molecule has 0 aliphatic heterocycles. The minimum atomic E-state index is -1.14. The summed E-state index contributed by atoms with van der Waals surface area (Å²) in [7, 11) is 0. The highest BCUT2D eigenvalue weighted by Crippen LogP contribution is 2.14. The Morgan fingerprint density at radius 3 is 2.43 bits per heavy atom. The summed E-state index contributed by atoms with van der Waals surface area (Å²) in [5, 5.41) is 8.97. The fourth-order valence-electron chi connectivity index (χ4n) is 1.31. The van der Waals surface area contributed by atoms with Crippen LogP contribution in [0.2, 0.25) is 0 Å². The van der Waals surface area contributed by atoms with Crippen molar-refractivity contribution >= 4 is 5.97 Å². The number of hydrogen-bond donors (Lipinski definition) is 2. The summed E-state index contributed by atoms with van der Waals surface area (Å²) >= 11 is 0. The highest BCUT2D eigenvalue weighted by molar-refractivity contribution is 5.78. The molecular formula is C11H15NO2. The van der Waals surface area contributed by atoms with Crippen LogP contribution in [0.5, 0.6) is 0 Å². The van der Waals surface area contributed by atoms with E-state index in [1.807, 2.05) is 30.3 Å². The Balaban J connectivity index is 2.81. The summed E-state index contributed by atoms with van der Waals surface area (Å²) in [5.74, 6) is -0.941. The molecule has 0 saturated heterocycles. The number of benzene rings is 1. The lowest BCUT2D eigenvalue weighted by molar-refractivity contribution is -0.143. The van der Waals surface area contributed by atoms with Gasteiger partial charge >= 0.3 is 5.97 Å². The number of carboxylic acid groups (broad SMARTS) is 1. The lowest BCUT2D eigenvalue weighted by Gasteiger charge is -2.22. The Kier molecular flexibility index (Phi) is 3.25. The summed E-state index contributed by atoms with van der Waals surface area (Å²) < 4.78 is 0. The van der Waals surface area contributed by atoms with Gasteiger partial charge in [-0.1, -0.05) is 37.3 Å². The number of carbonyl (C=O) groups is 1. The molecule has 14 heavy (non-hydrogen) atoms. The van der Waals surface area contributed by atoms with Crippen molar-refractivity contribution < 1.29 is 9.90 Å². The van der Waals surface area contributed by atoms with Gasteiger partial charge in [-0.3, -0.25) is 4.79 Å². The molecule has 0 aliphatic carbocycles. The molecule has 1 unspecified atom stereocenters. The number of nitrogens with two attached hydrogens (primary N) is 1. The van der Waals surface area contributed by atoms with Gasteiger partial charge in [-0.2, -0.15) is 0 Å². The molecule has 0 radical (unpaired) electrons. The maximum absolute atomic E-state index is 10.9. The first-order valence-corrected chi connectivity index (χ1v) is 4.64. The Bertz CT molecular complexity index is 310. The Hall–Kier alpha value is -1.35. The van der Waals surface area contributed by atoms with Gasteiger partial charge in [-0.25, -0.2) is 0 Å². The van der Waals surface area contributed by atoms with Crippen molar-refractivity contribution in [3.63, 3.8) is 0 Å². The first kappa shape index (κ1) is 10.7. The zero-order chi connectivity index (χ0) is 10.6. The fraction of sp³-hybridized carbons (Fsp3) is 0.364. The van der Waals surface area contributed by atoms with Crippen molar-refractivity contribution in [2.45, 2.75) is 25.3 Å². The van der Waals surface area contributed by atoms with Gasteiger partial charge in [0.15, 0.2) is 0 Å². The quantitative estimate of drug-likeness (QED) is 0.760. The molecule has 3 heteroatoms. The van der Waals surface area contributed by atoms with Crippen molar-refractivity contribution in [2.75, 3.05) is 0 Å². The third kappa shape index (κ3) is 2.33. The SMILES string of the molecule is CCC(N)(Cc1ccccc1)C(=O)O. The first-order valence-electron chi connectivity index (χ1n) is 4.64. The van der Waals surface area contributed by atoms with Crippen LogP contribution < -0.4 is 5.73 Å². The Morgan fingerprint density at radius 1 is 1.43 bits per heavy atom. The highest BCUT2D eigenvalue weighted by Gasteiger charge is 2.31. The zero-order valence-corrected chi connectivity index (χ0v) is 8.23. The molecule has 76 valence electrons. The van der Waals surface area contributed by atoms with Gasteiger partial charge in [0.2, 0.25) is 0 Å². The van der Waals surface area contributed by atoms with Crippen LogP contribution in [0.4, 0.5) is 0 Å². The lowest BCUT2D eigenvalue weighted by atomic mass is 9.89. The van der Waals surface area contributed by atoms with Crippen LogP contribution in [0, 0.1) is 0 Å². The topological polar surface area (TPSA) is 63.3 Å². The van der Waals surface area contributed by atoms with E-state index in [9.17, 15) is 4.79 Å². The molecule has 0 fully saturated rings. The minimum Gasteiger partial charge on any atom is -0.480 e. The standard InChI is InChI=1S/C11H15NO2/c1-2-11(12,10(13)14)8-9-6-4-3-5-7-9/h3-7H,2,8,12H2,1H3,(H,13,14). The molecular weight excluding hydrogens is 178 g/mol. The zero-order valence-electron chi connectivity index (χ0n) is 8.23. The van der Waals surface area contributed by atoms with Crippen LogP contribution in [0.1, 0.15) is 18.9 Å². The van der Waals surface area contributed by atoms with Crippen molar-refractivity contribution in [3.05, 3.63) is 35.9 Å². The number of aliphatic carboxylic acids is 1. The second kappa shape index (κ2) is 4.24. The van der Waals surface area contributed by atoms with Gasteiger partial charge in [0.1, 0.15) is 5.54 Å². The van der Waals surface area contributed by atoms with Gasteiger partial charge < -0.3 is 10.8 Å². The Labute approximate surface area is 83.6 Å². The van der Waals surface area contributed by atoms with Crippen LogP contribution in [0.15, 0.2) is 30.3 Å². The van der Waals surface area contributed by atoms with Gasteiger partial charge in [-0.15, -0.1) is 0 Å². The second-order valence-corrected chi connectivity index (χ2v) is 3.48. The molecule has 0 heterocycles. The van der Waals surface area contributed by atoms with E-state index in [1.54, 1.807) is 6.92 Å². The maximum atomic E-state index is 10.9. The fourth-order valence-corrected chi connectivity index (χ4v) is 1.31. The van der Waals surface area contributed by atoms with Crippen LogP contribution >= 0.6 is 0 Å². The van der Waals surface area contributed by atoms with E-state index >= 15 is 0 Å². The molecule has 0 saturated carbocycles. The van der Waals surface area contributed by atoms with E-state index in [0.29, 0.717) is 12.8 Å². The Morgan fingerprint density at radius 2 is 2.00 bits per heavy atom. The molecule has 1 aromatic carbocycles. The van der Waals surface area contributed by atoms with Crippen molar-refractivity contribution in [1.82, 2.24) is 0 Å². The molecule has 0 aromatic heterocycles. The third-order valence-corrected chi connectivity index (χ3v) is 2.42. The summed E-state index contributed by atoms with van der Waals surface area (Å²) in [6.07, 6.45) is 0.802. The summed E-state index contributed by atoms with van der Waals surface area (Å²) in [6, 6.07) is 9.44. The number of carboxylic acids is 1. The monoisotopic (exact) mass is 193 g/mol. The lowest BCUT2D eigenvalue weighted by Crippen LogP contribution is -2.49. The van der Waals surface area contributed by atoms with Crippen molar-refractivity contribution in [1.29, 1.82) is 0 Å². The number of hydrogen-bond acceptors (Lipinski definition) is 2.